The Morgan fingerprint density at radius 3 is 1.28 bits per heavy atom. The summed E-state index contributed by atoms with van der Waals surface area (Å²) >= 11 is -0.839. The molecule has 0 atom stereocenters. The topological polar surface area (TPSA) is 77.4 Å². The van der Waals surface area contributed by atoms with Crippen LogP contribution in [-0.4, -0.2) is 37.3 Å². The van der Waals surface area contributed by atoms with Crippen LogP contribution in [0.1, 0.15) is 59.3 Å². The van der Waals surface area contributed by atoms with E-state index in [1.807, 2.05) is 0 Å². The summed E-state index contributed by atoms with van der Waals surface area (Å²) in [6, 6.07) is 0. The van der Waals surface area contributed by atoms with Crippen molar-refractivity contribution in [1.82, 2.24) is 0 Å². The van der Waals surface area contributed by atoms with Gasteiger partial charge in [-0.3, -0.25) is 4.55 Å². The van der Waals surface area contributed by atoms with Crippen molar-refractivity contribution in [3.63, 3.8) is 0 Å². The van der Waals surface area contributed by atoms with Gasteiger partial charge in [0.05, 0.1) is 0 Å². The average Bonchev–Trinajstić information content (AvgIpc) is 2.26. The first-order valence-electron chi connectivity index (χ1n) is 6.86. The van der Waals surface area contributed by atoms with Crippen molar-refractivity contribution in [3.05, 3.63) is 0 Å². The average molecular weight is 387 g/mol. The third-order valence-electron chi connectivity index (χ3n) is 2.65. The molecule has 0 aromatic rings. The molecule has 0 amide bonds. The molecule has 1 N–H and O–H groups in total. The molecule has 0 spiro atoms. The van der Waals surface area contributed by atoms with E-state index in [1.165, 1.54) is 38.5 Å². The number of rotatable bonds is 9. The Bertz CT molecular complexity index is 228. The maximum Gasteiger partial charge on any atom is 0.215 e. The second-order valence-electron chi connectivity index (χ2n) is 4.49. The predicted octanol–water partition coefficient (Wildman–Crippen LogP) is 3.89. The maximum absolute atomic E-state index is 8.63. The van der Waals surface area contributed by atoms with E-state index < -0.39 is 30.2 Å². The Balaban J connectivity index is 0. The summed E-state index contributed by atoms with van der Waals surface area (Å²) in [5, 5.41) is 0. The van der Waals surface area contributed by atoms with Crippen molar-refractivity contribution in [2.75, 3.05) is 0 Å². The van der Waals surface area contributed by atoms with E-state index in [2.05, 4.69) is 20.8 Å². The van der Waals surface area contributed by atoms with Gasteiger partial charge in [0.2, 0.25) is 10.4 Å². The first kappa shape index (κ1) is 21.0. The van der Waals surface area contributed by atoms with Crippen molar-refractivity contribution in [2.45, 2.75) is 72.6 Å². The smallest absolute Gasteiger partial charge is 0.215 e. The standard InChI is InChI=1S/3C4H9.H2O4S.Sn/c3*1-3-4-2;1-5(2,3)4;/h3*1,3-4H2,2H3;(H2,1,2,3,4);/q;;;;+1/p-1. The largest absolute Gasteiger partial charge is 0.726 e. The van der Waals surface area contributed by atoms with Crippen molar-refractivity contribution in [3.8, 4) is 0 Å². The minimum Gasteiger partial charge on any atom is -0.726 e. The second kappa shape index (κ2) is 14.1. The third kappa shape index (κ3) is 25.5. The van der Waals surface area contributed by atoms with E-state index in [0.717, 1.165) is 0 Å². The molecule has 18 heavy (non-hydrogen) atoms. The normalized spacial score (nSPS) is 10.7. The molecule has 0 aromatic carbocycles. The van der Waals surface area contributed by atoms with Crippen LogP contribution in [0.3, 0.4) is 0 Å². The van der Waals surface area contributed by atoms with Crippen LogP contribution in [-0.2, 0) is 10.4 Å². The second-order valence-corrected chi connectivity index (χ2v) is 13.9. The summed E-state index contributed by atoms with van der Waals surface area (Å²) in [5.74, 6) is 0. The minimum atomic E-state index is -4.92. The molecule has 0 unspecified atom stereocenters. The zero-order valence-electron chi connectivity index (χ0n) is 11.9. The zero-order chi connectivity index (χ0) is 14.4. The summed E-state index contributed by atoms with van der Waals surface area (Å²) in [6.45, 7) is 7.00. The van der Waals surface area contributed by atoms with Crippen LogP contribution in [0.4, 0.5) is 0 Å². The number of unbranched alkanes of at least 4 members (excludes halogenated alkanes) is 3. The monoisotopic (exact) mass is 388 g/mol. The van der Waals surface area contributed by atoms with Gasteiger partial charge in [0.25, 0.3) is 0 Å². The quantitative estimate of drug-likeness (QED) is 0.370. The van der Waals surface area contributed by atoms with Gasteiger partial charge in [-0.25, -0.2) is 8.42 Å². The molecule has 4 nitrogen and oxygen atoms in total. The Kier molecular flexibility index (Phi) is 16.4. The van der Waals surface area contributed by atoms with E-state index in [1.54, 1.807) is 13.3 Å². The van der Waals surface area contributed by atoms with Gasteiger partial charge in [-0.05, 0) is 0 Å². The van der Waals surface area contributed by atoms with Gasteiger partial charge in [-0.2, -0.15) is 0 Å². The van der Waals surface area contributed by atoms with Gasteiger partial charge in [0.1, 0.15) is 0 Å². The molecule has 0 fully saturated rings. The molecule has 0 saturated carbocycles. The van der Waals surface area contributed by atoms with Gasteiger partial charge >= 0.3 is 92.4 Å². The van der Waals surface area contributed by atoms with Gasteiger partial charge < -0.3 is 4.55 Å². The van der Waals surface area contributed by atoms with Gasteiger partial charge in [-0.1, -0.05) is 0 Å². The summed E-state index contributed by atoms with van der Waals surface area (Å²) in [6.07, 6.45) is 8.85. The molecule has 0 bridgehead atoms. The third-order valence-corrected chi connectivity index (χ3v) is 11.7. The van der Waals surface area contributed by atoms with Crippen LogP contribution < -0.4 is 0 Å². The summed E-state index contributed by atoms with van der Waals surface area (Å²) in [5.41, 5.74) is 0. The molecular formula is C12H28O4SSn. The van der Waals surface area contributed by atoms with Crippen LogP contribution in [0, 0.1) is 0 Å². The Morgan fingerprint density at radius 2 is 1.11 bits per heavy atom. The molecule has 0 saturated heterocycles. The Hall–Kier alpha value is 0.669. The van der Waals surface area contributed by atoms with Crippen LogP contribution in [0.15, 0.2) is 0 Å². The predicted molar refractivity (Wildman–Crippen MR) is 77.2 cm³/mol. The molecule has 0 rings (SSSR count). The first-order valence-corrected chi connectivity index (χ1v) is 14.3. The zero-order valence-corrected chi connectivity index (χ0v) is 15.6. The van der Waals surface area contributed by atoms with Crippen molar-refractivity contribution >= 4 is 30.2 Å². The molecule has 0 heterocycles. The SMILES string of the molecule is CCC[CH2][Sn+]([CH2]CCC)[CH2]CCC.O=S(=O)([O-])O. The molecule has 0 aromatic heterocycles. The minimum absolute atomic E-state index is 0.839. The van der Waals surface area contributed by atoms with Gasteiger partial charge in [-0.15, -0.1) is 0 Å². The van der Waals surface area contributed by atoms with Gasteiger partial charge in [0.15, 0.2) is 0 Å². The Morgan fingerprint density at radius 1 is 0.889 bits per heavy atom. The van der Waals surface area contributed by atoms with Crippen LogP contribution in [0.25, 0.3) is 0 Å². The van der Waals surface area contributed by atoms with E-state index in [4.69, 9.17) is 17.5 Å². The number of hydrogen-bond donors (Lipinski definition) is 1. The molecule has 6 heteroatoms. The van der Waals surface area contributed by atoms with E-state index in [9.17, 15) is 0 Å². The van der Waals surface area contributed by atoms with Crippen LogP contribution >= 0.6 is 0 Å². The van der Waals surface area contributed by atoms with E-state index in [-0.39, 0.29) is 0 Å². The molecule has 0 aliphatic rings. The maximum atomic E-state index is 8.63. The molecule has 0 aliphatic carbocycles. The molecule has 0 aliphatic heterocycles. The van der Waals surface area contributed by atoms with Crippen molar-refractivity contribution in [1.29, 1.82) is 0 Å². The fourth-order valence-electron chi connectivity index (χ4n) is 1.66. The number of hydrogen-bond acceptors (Lipinski definition) is 3. The van der Waals surface area contributed by atoms with Crippen molar-refractivity contribution in [2.24, 2.45) is 0 Å². The van der Waals surface area contributed by atoms with Crippen molar-refractivity contribution < 1.29 is 17.5 Å². The fraction of sp³-hybridized carbons (Fsp3) is 1.00. The molecule has 110 valence electrons. The Labute approximate surface area is 120 Å². The van der Waals surface area contributed by atoms with Crippen LogP contribution in [0.5, 0.6) is 0 Å². The van der Waals surface area contributed by atoms with Gasteiger partial charge in [0, 0.05) is 0 Å². The summed E-state index contributed by atoms with van der Waals surface area (Å²) < 4.78 is 37.9. The molecular weight excluding hydrogens is 359 g/mol. The molecule has 0 radical (unpaired) electrons. The fourth-order valence-corrected chi connectivity index (χ4v) is 11.1. The summed E-state index contributed by atoms with van der Waals surface area (Å²) in [4.78, 5) is 0. The summed E-state index contributed by atoms with van der Waals surface area (Å²) in [7, 11) is -4.92. The van der Waals surface area contributed by atoms with E-state index >= 15 is 0 Å². The first-order chi connectivity index (χ1) is 8.35. The van der Waals surface area contributed by atoms with Crippen LogP contribution in [0.2, 0.25) is 13.3 Å². The van der Waals surface area contributed by atoms with E-state index in [0.29, 0.717) is 0 Å².